The molecule has 0 heterocycles. The lowest BCUT2D eigenvalue weighted by Gasteiger charge is -2.33. The van der Waals surface area contributed by atoms with Gasteiger partial charge in [0.2, 0.25) is 0 Å². The van der Waals surface area contributed by atoms with Crippen molar-refractivity contribution in [1.29, 1.82) is 0 Å². The van der Waals surface area contributed by atoms with Gasteiger partial charge in [0.25, 0.3) is 10.1 Å². The number of hydrogen-bond donors (Lipinski definition) is 1. The summed E-state index contributed by atoms with van der Waals surface area (Å²) in [6.07, 6.45) is 5.28. The van der Waals surface area contributed by atoms with Crippen LogP contribution in [0.1, 0.15) is 59.8 Å². The average molecular weight is 296 g/mol. The fraction of sp³-hybridized carbons (Fsp3) is 1.00. The molecular weight excluding hydrogens is 262 g/mol. The van der Waals surface area contributed by atoms with E-state index in [4.69, 9.17) is 4.55 Å². The molecule has 0 amide bonds. The van der Waals surface area contributed by atoms with Crippen LogP contribution < -0.4 is 0 Å². The molecule has 0 aromatic rings. The van der Waals surface area contributed by atoms with E-state index in [0.717, 1.165) is 6.42 Å². The molecule has 0 rings (SSSR count). The predicted octanol–water partition coefficient (Wildman–Crippen LogP) is 3.34. The largest absolute Gasteiger partial charge is 0.326 e. The van der Waals surface area contributed by atoms with Crippen LogP contribution in [-0.4, -0.2) is 49.9 Å². The molecule has 0 fully saturated rings. The van der Waals surface area contributed by atoms with E-state index >= 15 is 0 Å². The Morgan fingerprint density at radius 2 is 1.21 bits per heavy atom. The smallest absolute Gasteiger partial charge is 0.264 e. The van der Waals surface area contributed by atoms with Crippen molar-refractivity contribution >= 4 is 10.1 Å². The average Bonchev–Trinajstić information content (AvgIpc) is 2.27. The van der Waals surface area contributed by atoms with E-state index in [0.29, 0.717) is 6.42 Å². The molecule has 0 aromatic heterocycles. The third kappa shape index (κ3) is 15.8. The summed E-state index contributed by atoms with van der Waals surface area (Å²) in [5.41, 5.74) is 0. The second-order valence-electron chi connectivity index (χ2n) is 5.43. The monoisotopic (exact) mass is 296 g/mol. The number of rotatable bonds is 9. The van der Waals surface area contributed by atoms with Gasteiger partial charge < -0.3 is 4.48 Å². The minimum absolute atomic E-state index is 0.108. The Morgan fingerprint density at radius 1 is 0.842 bits per heavy atom. The second kappa shape index (κ2) is 11.7. The summed E-state index contributed by atoms with van der Waals surface area (Å²) < 4.78 is 29.3. The molecule has 0 atom stereocenters. The molecule has 0 aliphatic rings. The highest BCUT2D eigenvalue weighted by molar-refractivity contribution is 7.85. The van der Waals surface area contributed by atoms with Crippen molar-refractivity contribution in [2.45, 2.75) is 59.8 Å². The molecule has 0 saturated carbocycles. The van der Waals surface area contributed by atoms with Gasteiger partial charge in [0, 0.05) is 0 Å². The first kappa shape index (κ1) is 21.2. The lowest BCUT2D eigenvalue weighted by molar-refractivity contribution is -0.909. The fourth-order valence-electron chi connectivity index (χ4n) is 2.28. The zero-order valence-electron chi connectivity index (χ0n) is 13.5. The Hall–Kier alpha value is -0.130. The summed E-state index contributed by atoms with van der Waals surface area (Å²) in [6, 6.07) is 0. The van der Waals surface area contributed by atoms with Crippen LogP contribution in [0.4, 0.5) is 0 Å². The number of nitrogens with zero attached hydrogens (tertiary/aromatic N) is 1. The van der Waals surface area contributed by atoms with Crippen LogP contribution in [0.15, 0.2) is 0 Å². The molecular formula is C14H34NO3S+. The van der Waals surface area contributed by atoms with E-state index in [9.17, 15) is 8.42 Å². The summed E-state index contributed by atoms with van der Waals surface area (Å²) in [5.74, 6) is -0.108. The van der Waals surface area contributed by atoms with Crippen LogP contribution >= 0.6 is 0 Å². The van der Waals surface area contributed by atoms with E-state index in [1.54, 1.807) is 0 Å². The van der Waals surface area contributed by atoms with Crippen LogP contribution in [0, 0.1) is 0 Å². The highest BCUT2D eigenvalue weighted by Gasteiger charge is 2.16. The van der Waals surface area contributed by atoms with E-state index in [1.807, 2.05) is 6.92 Å². The Balaban J connectivity index is 0. The number of quaternary nitrogens is 1. The molecule has 0 bridgehead atoms. The first-order valence-corrected chi connectivity index (χ1v) is 9.14. The van der Waals surface area contributed by atoms with Gasteiger partial charge in [-0.1, -0.05) is 34.1 Å². The third-order valence-corrected chi connectivity index (χ3v) is 3.85. The Kier molecular flexibility index (Phi) is 13.0. The first-order chi connectivity index (χ1) is 8.74. The lowest BCUT2D eigenvalue weighted by atomic mass is 10.2. The zero-order valence-corrected chi connectivity index (χ0v) is 14.3. The van der Waals surface area contributed by atoms with Gasteiger partial charge in [0.1, 0.15) is 0 Å². The molecule has 0 radical (unpaired) electrons. The Bertz CT molecular complexity index is 272. The third-order valence-electron chi connectivity index (χ3n) is 3.05. The molecule has 118 valence electrons. The van der Waals surface area contributed by atoms with Crippen molar-refractivity contribution in [3.05, 3.63) is 0 Å². The van der Waals surface area contributed by atoms with Gasteiger partial charge in [-0.05, 0) is 25.7 Å². The molecule has 0 aliphatic carbocycles. The fourth-order valence-corrected chi connectivity index (χ4v) is 2.94. The van der Waals surface area contributed by atoms with E-state index in [2.05, 4.69) is 27.8 Å². The minimum Gasteiger partial charge on any atom is -0.326 e. The summed E-state index contributed by atoms with van der Waals surface area (Å²) in [5, 5.41) is 0. The molecule has 1 N–H and O–H groups in total. The van der Waals surface area contributed by atoms with Crippen molar-refractivity contribution in [1.82, 2.24) is 0 Å². The van der Waals surface area contributed by atoms with Gasteiger partial charge in [-0.15, -0.1) is 0 Å². The molecule has 5 heteroatoms. The SMILES string of the molecule is CCCCS(=O)(=O)O.CCC[N+](C)(CCC)CCC. The van der Waals surface area contributed by atoms with Crippen molar-refractivity contribution < 1.29 is 17.5 Å². The van der Waals surface area contributed by atoms with Crippen LogP contribution in [0.5, 0.6) is 0 Å². The topological polar surface area (TPSA) is 54.4 Å². The molecule has 0 aliphatic heterocycles. The Labute approximate surface area is 120 Å². The van der Waals surface area contributed by atoms with Crippen LogP contribution in [0.25, 0.3) is 0 Å². The molecule has 0 aromatic carbocycles. The van der Waals surface area contributed by atoms with Gasteiger partial charge in [-0.2, -0.15) is 8.42 Å². The zero-order chi connectivity index (χ0) is 15.4. The van der Waals surface area contributed by atoms with Crippen molar-refractivity contribution in [3.8, 4) is 0 Å². The van der Waals surface area contributed by atoms with Crippen LogP contribution in [0.3, 0.4) is 0 Å². The minimum atomic E-state index is -3.69. The maximum atomic E-state index is 9.95. The normalized spacial score (nSPS) is 11.9. The van der Waals surface area contributed by atoms with Gasteiger partial charge in [-0.3, -0.25) is 4.55 Å². The highest BCUT2D eigenvalue weighted by Crippen LogP contribution is 2.06. The van der Waals surface area contributed by atoms with E-state index in [1.165, 1.54) is 43.4 Å². The maximum absolute atomic E-state index is 9.95. The first-order valence-electron chi connectivity index (χ1n) is 7.53. The summed E-state index contributed by atoms with van der Waals surface area (Å²) >= 11 is 0. The maximum Gasteiger partial charge on any atom is 0.264 e. The summed E-state index contributed by atoms with van der Waals surface area (Å²) in [7, 11) is -1.30. The standard InChI is InChI=1S/C10H24N.C4H10O3S/c1-5-8-11(4,9-6-2)10-7-3;1-2-3-4-8(5,6)7/h5-10H2,1-4H3;2-4H2,1H3,(H,5,6,7)/q+1;. The van der Waals surface area contributed by atoms with Gasteiger partial charge >= 0.3 is 0 Å². The quantitative estimate of drug-likeness (QED) is 0.524. The lowest BCUT2D eigenvalue weighted by Crippen LogP contribution is -2.45. The molecule has 0 unspecified atom stereocenters. The Morgan fingerprint density at radius 3 is 1.37 bits per heavy atom. The van der Waals surface area contributed by atoms with Gasteiger partial charge in [-0.25, -0.2) is 0 Å². The summed E-state index contributed by atoms with van der Waals surface area (Å²) in [6.45, 7) is 12.8. The van der Waals surface area contributed by atoms with Gasteiger partial charge in [0.05, 0.1) is 32.4 Å². The van der Waals surface area contributed by atoms with Crippen molar-refractivity contribution in [2.24, 2.45) is 0 Å². The molecule has 4 nitrogen and oxygen atoms in total. The van der Waals surface area contributed by atoms with E-state index < -0.39 is 10.1 Å². The predicted molar refractivity (Wildman–Crippen MR) is 83.0 cm³/mol. The molecule has 19 heavy (non-hydrogen) atoms. The number of unbranched alkanes of at least 4 members (excludes halogenated alkanes) is 1. The summed E-state index contributed by atoms with van der Waals surface area (Å²) in [4.78, 5) is 0. The molecule has 0 spiro atoms. The highest BCUT2D eigenvalue weighted by atomic mass is 32.2. The van der Waals surface area contributed by atoms with Crippen molar-refractivity contribution in [3.63, 3.8) is 0 Å². The molecule has 0 saturated heterocycles. The van der Waals surface area contributed by atoms with E-state index in [-0.39, 0.29) is 5.75 Å². The van der Waals surface area contributed by atoms with Crippen LogP contribution in [-0.2, 0) is 10.1 Å². The van der Waals surface area contributed by atoms with Crippen LogP contribution in [0.2, 0.25) is 0 Å². The van der Waals surface area contributed by atoms with Crippen molar-refractivity contribution in [2.75, 3.05) is 32.4 Å². The van der Waals surface area contributed by atoms with Gasteiger partial charge in [0.15, 0.2) is 0 Å². The number of hydrogen-bond acceptors (Lipinski definition) is 2. The second-order valence-corrected chi connectivity index (χ2v) is 7.00.